The number of benzene rings is 1. The van der Waals surface area contributed by atoms with Gasteiger partial charge < -0.3 is 5.32 Å². The molecule has 8 heteroatoms. The lowest BCUT2D eigenvalue weighted by molar-refractivity contribution is -0.150. The fraction of sp³-hybridized carbons (Fsp3) is 0.526. The van der Waals surface area contributed by atoms with Crippen LogP contribution in [0.15, 0.2) is 29.3 Å². The zero-order valence-electron chi connectivity index (χ0n) is 14.6. The van der Waals surface area contributed by atoms with Crippen molar-refractivity contribution in [2.45, 2.75) is 44.1 Å². The number of amides is 1. The molecule has 2 aromatic rings. The average Bonchev–Trinajstić information content (AvgIpc) is 3.03. The van der Waals surface area contributed by atoms with Crippen molar-refractivity contribution < 1.29 is 4.79 Å². The van der Waals surface area contributed by atoms with Gasteiger partial charge in [-0.25, -0.2) is 9.67 Å². The smallest absolute Gasteiger partial charge is 0.230 e. The minimum absolute atomic E-state index is 0.0735. The summed E-state index contributed by atoms with van der Waals surface area (Å²) >= 11 is 15.6. The average molecular weight is 470 g/mol. The Morgan fingerprint density at radius 1 is 1.22 bits per heavy atom. The molecular weight excluding hydrogens is 451 g/mol. The van der Waals surface area contributed by atoms with Crippen molar-refractivity contribution in [1.82, 2.24) is 14.8 Å². The Morgan fingerprint density at radius 2 is 1.96 bits per heavy atom. The summed E-state index contributed by atoms with van der Waals surface area (Å²) in [6.07, 6.45) is 7.87. The molecule has 1 aromatic carbocycles. The van der Waals surface area contributed by atoms with Crippen molar-refractivity contribution in [2.24, 2.45) is 17.3 Å². The second-order valence-corrected chi connectivity index (χ2v) is 10.1. The van der Waals surface area contributed by atoms with Crippen molar-refractivity contribution in [2.75, 3.05) is 5.32 Å². The van der Waals surface area contributed by atoms with Gasteiger partial charge in [0.05, 0.1) is 21.7 Å². The lowest BCUT2D eigenvalue weighted by atomic mass is 9.46. The normalized spacial score (nSPS) is 34.0. The number of nitrogens with one attached hydrogen (secondary N) is 1. The van der Waals surface area contributed by atoms with Crippen molar-refractivity contribution in [3.05, 3.63) is 39.3 Å². The Morgan fingerprint density at radius 3 is 2.59 bits per heavy atom. The lowest BCUT2D eigenvalue weighted by Crippen LogP contribution is -2.60. The molecule has 4 atom stereocenters. The van der Waals surface area contributed by atoms with Gasteiger partial charge in [0.25, 0.3) is 0 Å². The molecule has 1 heterocycles. The molecule has 4 saturated carbocycles. The first kappa shape index (κ1) is 18.0. The van der Waals surface area contributed by atoms with Crippen LogP contribution >= 0.6 is 39.1 Å². The van der Waals surface area contributed by atoms with E-state index in [0.717, 1.165) is 32.1 Å². The summed E-state index contributed by atoms with van der Waals surface area (Å²) < 4.78 is 2.61. The van der Waals surface area contributed by atoms with Crippen molar-refractivity contribution >= 4 is 50.7 Å². The van der Waals surface area contributed by atoms with Crippen molar-refractivity contribution in [3.8, 4) is 0 Å². The van der Waals surface area contributed by atoms with Gasteiger partial charge in [0.2, 0.25) is 10.6 Å². The third-order valence-electron chi connectivity index (χ3n) is 6.64. The minimum atomic E-state index is -0.370. The summed E-state index contributed by atoms with van der Waals surface area (Å²) in [6.45, 7) is 0. The second-order valence-electron chi connectivity index (χ2n) is 8.50. The SMILES string of the molecule is O=C(Nc1ccc(Cl)cc1Cl)C12C[C@H]3C[C@@H](C1)CC(n1cnc(Br)n1)(C3)C2. The second kappa shape index (κ2) is 6.19. The molecule has 1 N–H and O–H groups in total. The molecule has 0 spiro atoms. The van der Waals surface area contributed by atoms with Crippen LogP contribution in [-0.4, -0.2) is 20.7 Å². The zero-order valence-corrected chi connectivity index (χ0v) is 17.7. The quantitative estimate of drug-likeness (QED) is 0.664. The van der Waals surface area contributed by atoms with Gasteiger partial charge in [-0.1, -0.05) is 23.2 Å². The highest BCUT2D eigenvalue weighted by atomic mass is 79.9. The molecule has 4 bridgehead atoms. The van der Waals surface area contributed by atoms with E-state index in [4.69, 9.17) is 23.2 Å². The molecule has 142 valence electrons. The number of nitrogens with zero attached hydrogens (tertiary/aromatic N) is 3. The van der Waals surface area contributed by atoms with Crippen LogP contribution in [-0.2, 0) is 10.3 Å². The summed E-state index contributed by atoms with van der Waals surface area (Å²) in [7, 11) is 0. The van der Waals surface area contributed by atoms with E-state index in [1.165, 1.54) is 6.42 Å². The van der Waals surface area contributed by atoms with E-state index in [-0.39, 0.29) is 16.9 Å². The molecule has 5 nitrogen and oxygen atoms in total. The van der Waals surface area contributed by atoms with E-state index in [1.54, 1.807) is 24.5 Å². The summed E-state index contributed by atoms with van der Waals surface area (Å²) in [5, 5.41) is 8.66. The topological polar surface area (TPSA) is 59.8 Å². The first-order valence-electron chi connectivity index (χ1n) is 9.22. The number of halogens is 3. The highest BCUT2D eigenvalue weighted by molar-refractivity contribution is 9.10. The maximum atomic E-state index is 13.4. The lowest BCUT2D eigenvalue weighted by Gasteiger charge is -2.60. The maximum Gasteiger partial charge on any atom is 0.230 e. The number of carbonyl (C=O) groups is 1. The summed E-state index contributed by atoms with van der Waals surface area (Å²) in [6, 6.07) is 5.18. The monoisotopic (exact) mass is 468 g/mol. The van der Waals surface area contributed by atoms with Crippen LogP contribution < -0.4 is 5.32 Å². The Labute approximate surface area is 175 Å². The Hall–Kier alpha value is -1.11. The number of aromatic nitrogens is 3. The highest BCUT2D eigenvalue weighted by Gasteiger charge is 2.61. The van der Waals surface area contributed by atoms with Crippen LogP contribution in [0.25, 0.3) is 0 Å². The molecule has 27 heavy (non-hydrogen) atoms. The van der Waals surface area contributed by atoms with Crippen molar-refractivity contribution in [1.29, 1.82) is 0 Å². The molecule has 4 aliphatic rings. The van der Waals surface area contributed by atoms with Crippen LogP contribution in [0, 0.1) is 17.3 Å². The van der Waals surface area contributed by atoms with Crippen LogP contribution in [0.3, 0.4) is 0 Å². The molecular formula is C19H19BrCl2N4O. The molecule has 0 radical (unpaired) electrons. The summed E-state index contributed by atoms with van der Waals surface area (Å²) in [5.74, 6) is 1.19. The number of hydrogen-bond acceptors (Lipinski definition) is 3. The van der Waals surface area contributed by atoms with Gasteiger partial charge in [-0.15, -0.1) is 5.10 Å². The Balaban J connectivity index is 1.47. The molecule has 0 saturated heterocycles. The fourth-order valence-corrected chi connectivity index (χ4v) is 6.78. The summed E-state index contributed by atoms with van der Waals surface area (Å²) in [5.41, 5.74) is 0.148. The maximum absolute atomic E-state index is 13.4. The predicted molar refractivity (Wildman–Crippen MR) is 108 cm³/mol. The standard InChI is InChI=1S/C19H19BrCl2N4O/c20-17-23-10-26(25-17)19-7-11-3-12(8-19)6-18(5-11,9-19)16(27)24-15-2-1-13(21)4-14(15)22/h1-2,4,10-12H,3,5-9H2,(H,24,27)/t11-,12+,18?,19?. The number of carbonyl (C=O) groups excluding carboxylic acids is 1. The van der Waals surface area contributed by atoms with E-state index in [1.807, 2.05) is 4.68 Å². The number of hydrogen-bond donors (Lipinski definition) is 1. The highest BCUT2D eigenvalue weighted by Crippen LogP contribution is 2.64. The van der Waals surface area contributed by atoms with Crippen LogP contribution in [0.5, 0.6) is 0 Å². The molecule has 4 fully saturated rings. The zero-order chi connectivity index (χ0) is 18.8. The van der Waals surface area contributed by atoms with Crippen LogP contribution in [0.2, 0.25) is 10.0 Å². The number of rotatable bonds is 3. The van der Waals surface area contributed by atoms with Gasteiger partial charge in [-0.2, -0.15) is 0 Å². The van der Waals surface area contributed by atoms with Gasteiger partial charge in [0.15, 0.2) is 0 Å². The van der Waals surface area contributed by atoms with E-state index >= 15 is 0 Å². The molecule has 6 rings (SSSR count). The van der Waals surface area contributed by atoms with Gasteiger partial charge >= 0.3 is 0 Å². The molecule has 1 amide bonds. The van der Waals surface area contributed by atoms with E-state index in [0.29, 0.717) is 32.3 Å². The van der Waals surface area contributed by atoms with E-state index in [9.17, 15) is 4.79 Å². The Kier molecular flexibility index (Phi) is 4.12. The van der Waals surface area contributed by atoms with Crippen LogP contribution in [0.4, 0.5) is 5.69 Å². The van der Waals surface area contributed by atoms with E-state index < -0.39 is 0 Å². The first-order chi connectivity index (χ1) is 12.9. The molecule has 1 aromatic heterocycles. The van der Waals surface area contributed by atoms with Gasteiger partial charge in [0, 0.05) is 5.02 Å². The summed E-state index contributed by atoms with van der Waals surface area (Å²) in [4.78, 5) is 17.7. The molecule has 4 aliphatic carbocycles. The predicted octanol–water partition coefficient (Wildman–Crippen LogP) is 5.28. The third kappa shape index (κ3) is 2.91. The fourth-order valence-electron chi connectivity index (χ4n) is 6.07. The van der Waals surface area contributed by atoms with Gasteiger partial charge in [-0.05, 0) is 84.5 Å². The van der Waals surface area contributed by atoms with Gasteiger partial charge in [0.1, 0.15) is 6.33 Å². The molecule has 0 aliphatic heterocycles. The van der Waals surface area contributed by atoms with Gasteiger partial charge in [-0.3, -0.25) is 4.79 Å². The number of anilines is 1. The Bertz CT molecular complexity index is 916. The molecule has 2 unspecified atom stereocenters. The largest absolute Gasteiger partial charge is 0.324 e. The van der Waals surface area contributed by atoms with Crippen LogP contribution in [0.1, 0.15) is 38.5 Å². The van der Waals surface area contributed by atoms with E-state index in [2.05, 4.69) is 31.3 Å². The van der Waals surface area contributed by atoms with Crippen molar-refractivity contribution in [3.63, 3.8) is 0 Å². The third-order valence-corrected chi connectivity index (χ3v) is 7.55. The minimum Gasteiger partial charge on any atom is -0.324 e. The first-order valence-corrected chi connectivity index (χ1v) is 10.8.